The lowest BCUT2D eigenvalue weighted by Crippen LogP contribution is -2.43. The molecule has 10 heteroatoms. The second-order valence-corrected chi connectivity index (χ2v) is 6.82. The molecule has 0 bridgehead atoms. The summed E-state index contributed by atoms with van der Waals surface area (Å²) in [6, 6.07) is 4.46. The Bertz CT molecular complexity index is 1290. The van der Waals surface area contributed by atoms with Crippen molar-refractivity contribution in [3.8, 4) is 11.4 Å². The molecule has 0 aliphatic heterocycles. The van der Waals surface area contributed by atoms with Gasteiger partial charge in [-0.1, -0.05) is 12.2 Å². The number of H-pyrrole nitrogens is 1. The molecule has 4 aromatic rings. The zero-order chi connectivity index (χ0) is 19.5. The lowest BCUT2D eigenvalue weighted by molar-refractivity contribution is 0.0940. The molecule has 5 rings (SSSR count). The fraction of sp³-hybridized carbons (Fsp3) is 0.158. The summed E-state index contributed by atoms with van der Waals surface area (Å²) in [6.45, 7) is 0.300. The Labute approximate surface area is 170 Å². The maximum atomic E-state index is 13.6. The van der Waals surface area contributed by atoms with E-state index in [1.165, 1.54) is 12.1 Å². The molecule has 1 amide bonds. The molecule has 1 aromatic carbocycles. The van der Waals surface area contributed by atoms with Crippen LogP contribution in [0.5, 0.6) is 0 Å². The van der Waals surface area contributed by atoms with E-state index in [9.17, 15) is 9.18 Å². The summed E-state index contributed by atoms with van der Waals surface area (Å²) in [5.74, 6) is -0.628. The fourth-order valence-corrected chi connectivity index (χ4v) is 3.25. The topological polar surface area (TPSA) is 115 Å². The molecule has 0 saturated carbocycles. The van der Waals surface area contributed by atoms with Crippen LogP contribution in [0, 0.1) is 5.82 Å². The molecular formula is C19H17ClFN7O. The van der Waals surface area contributed by atoms with Crippen molar-refractivity contribution in [2.24, 2.45) is 12.8 Å². The number of rotatable bonds is 4. The molecule has 1 aliphatic rings. The van der Waals surface area contributed by atoms with Crippen molar-refractivity contribution in [2.45, 2.75) is 5.54 Å². The zero-order valence-corrected chi connectivity index (χ0v) is 16.1. The predicted molar refractivity (Wildman–Crippen MR) is 109 cm³/mol. The summed E-state index contributed by atoms with van der Waals surface area (Å²) in [6.07, 6.45) is 6.84. The van der Waals surface area contributed by atoms with Crippen LogP contribution in [0.4, 0.5) is 4.39 Å². The summed E-state index contributed by atoms with van der Waals surface area (Å²) in [4.78, 5) is 24.6. The van der Waals surface area contributed by atoms with Gasteiger partial charge < -0.3 is 16.0 Å². The van der Waals surface area contributed by atoms with Crippen molar-refractivity contribution < 1.29 is 9.18 Å². The van der Waals surface area contributed by atoms with Crippen LogP contribution in [-0.2, 0) is 7.05 Å². The molecule has 1 aliphatic carbocycles. The van der Waals surface area contributed by atoms with E-state index in [1.807, 2.05) is 12.2 Å². The molecule has 0 fully saturated rings. The highest BCUT2D eigenvalue weighted by Crippen LogP contribution is 2.28. The number of carbonyl (C=O) groups excluding carboxylic acids is 1. The van der Waals surface area contributed by atoms with Gasteiger partial charge >= 0.3 is 0 Å². The van der Waals surface area contributed by atoms with E-state index in [0.717, 1.165) is 5.39 Å². The molecule has 148 valence electrons. The molecule has 0 saturated heterocycles. The maximum Gasteiger partial charge on any atom is 0.256 e. The summed E-state index contributed by atoms with van der Waals surface area (Å²) in [5.41, 5.74) is 8.16. The number of aromatic nitrogens is 5. The van der Waals surface area contributed by atoms with E-state index in [-0.39, 0.29) is 24.1 Å². The van der Waals surface area contributed by atoms with Gasteiger partial charge in [-0.25, -0.2) is 14.4 Å². The smallest absolute Gasteiger partial charge is 0.256 e. The van der Waals surface area contributed by atoms with Crippen molar-refractivity contribution in [1.29, 1.82) is 0 Å². The summed E-state index contributed by atoms with van der Waals surface area (Å²) in [5, 5.41) is 8.10. The highest BCUT2D eigenvalue weighted by Gasteiger charge is 2.35. The quantitative estimate of drug-likeness (QED) is 0.443. The molecule has 3 aromatic heterocycles. The van der Waals surface area contributed by atoms with Gasteiger partial charge in [0.05, 0.1) is 22.8 Å². The number of carbonyl (C=O) groups is 1. The lowest BCUT2D eigenvalue weighted by atomic mass is 10.1. The van der Waals surface area contributed by atoms with Crippen molar-refractivity contribution in [3.05, 3.63) is 54.1 Å². The average molecular weight is 414 g/mol. The molecule has 0 spiro atoms. The first-order valence-electron chi connectivity index (χ1n) is 8.69. The van der Waals surface area contributed by atoms with Gasteiger partial charge in [-0.3, -0.25) is 9.48 Å². The van der Waals surface area contributed by atoms with Crippen LogP contribution in [0.3, 0.4) is 0 Å². The number of nitrogens with zero attached hydrogens (tertiary/aromatic N) is 4. The fourth-order valence-electron chi connectivity index (χ4n) is 3.25. The number of amides is 1. The average Bonchev–Trinajstić information content (AvgIpc) is 3.21. The molecule has 29 heavy (non-hydrogen) atoms. The molecule has 3 heterocycles. The van der Waals surface area contributed by atoms with Crippen LogP contribution < -0.4 is 11.1 Å². The Morgan fingerprint density at radius 3 is 2.90 bits per heavy atom. The molecule has 4 N–H and O–H groups in total. The van der Waals surface area contributed by atoms with Gasteiger partial charge in [0.2, 0.25) is 0 Å². The minimum atomic E-state index is -0.549. The Morgan fingerprint density at radius 1 is 1.38 bits per heavy atom. The number of aryl methyl sites for hydroxylation is 1. The summed E-state index contributed by atoms with van der Waals surface area (Å²) < 4.78 is 15.2. The molecule has 8 nitrogen and oxygen atoms in total. The van der Waals surface area contributed by atoms with Gasteiger partial charge in [-0.05, 0) is 18.2 Å². The summed E-state index contributed by atoms with van der Waals surface area (Å²) in [7, 11) is 1.74. The van der Waals surface area contributed by atoms with Gasteiger partial charge in [0.15, 0.2) is 5.65 Å². The van der Waals surface area contributed by atoms with E-state index < -0.39 is 5.54 Å². The third-order valence-electron chi connectivity index (χ3n) is 4.93. The van der Waals surface area contributed by atoms with Gasteiger partial charge in [-0.2, -0.15) is 5.10 Å². The van der Waals surface area contributed by atoms with E-state index in [0.29, 0.717) is 40.2 Å². The third-order valence-corrected chi connectivity index (χ3v) is 4.93. The predicted octanol–water partition coefficient (Wildman–Crippen LogP) is 2.07. The number of nitrogens with two attached hydrogens (primary N) is 1. The second kappa shape index (κ2) is 6.64. The van der Waals surface area contributed by atoms with Crippen LogP contribution >= 0.6 is 12.4 Å². The van der Waals surface area contributed by atoms with Gasteiger partial charge in [0.25, 0.3) is 5.91 Å². The molecule has 0 radical (unpaired) electrons. The van der Waals surface area contributed by atoms with Crippen molar-refractivity contribution >= 4 is 40.4 Å². The van der Waals surface area contributed by atoms with Crippen LogP contribution in [0.1, 0.15) is 10.4 Å². The lowest BCUT2D eigenvalue weighted by Gasteiger charge is -2.14. The second-order valence-electron chi connectivity index (χ2n) is 6.82. The number of aromatic amines is 1. The Hall–Kier alpha value is -3.30. The van der Waals surface area contributed by atoms with E-state index in [1.54, 1.807) is 30.2 Å². The minimum absolute atomic E-state index is 0. The van der Waals surface area contributed by atoms with Crippen molar-refractivity contribution in [3.63, 3.8) is 0 Å². The van der Waals surface area contributed by atoms with Gasteiger partial charge in [0.1, 0.15) is 22.7 Å². The number of nitrogens with one attached hydrogen (secondary N) is 2. The third kappa shape index (κ3) is 3.04. The van der Waals surface area contributed by atoms with Crippen molar-refractivity contribution in [1.82, 2.24) is 30.0 Å². The molecular weight excluding hydrogens is 397 g/mol. The van der Waals surface area contributed by atoms with Crippen LogP contribution in [0.15, 0.2) is 42.7 Å². The highest BCUT2D eigenvalue weighted by atomic mass is 35.5. The number of hydrogen-bond acceptors (Lipinski definition) is 5. The first-order chi connectivity index (χ1) is 13.5. The van der Waals surface area contributed by atoms with E-state index >= 15 is 0 Å². The van der Waals surface area contributed by atoms with Gasteiger partial charge in [-0.15, -0.1) is 12.4 Å². The SMILES string of the molecule is Cl.Cn1nc(-c2cnc3[nH]cc(C(=O)NC4(CN)C=C4)c3n2)c2ccc(F)cc21. The zero-order valence-electron chi connectivity index (χ0n) is 15.3. The van der Waals surface area contributed by atoms with Gasteiger partial charge in [0, 0.05) is 25.2 Å². The highest BCUT2D eigenvalue weighted by molar-refractivity contribution is 6.05. The Balaban J connectivity index is 0.00000205. The Morgan fingerprint density at radius 2 is 2.17 bits per heavy atom. The van der Waals surface area contributed by atoms with Crippen LogP contribution in [-0.4, -0.2) is 42.7 Å². The first kappa shape index (κ1) is 19.0. The standard InChI is InChI=1S/C19H16FN7O.ClH/c1-27-14-6-10(20)2-3-11(14)15(26-27)13-8-23-17-16(24-13)12(7-22-17)18(28)25-19(9-21)4-5-19;/h2-8H,9,21H2,1H3,(H,22,23)(H,25,28);1H. The first-order valence-corrected chi connectivity index (χ1v) is 8.69. The largest absolute Gasteiger partial charge is 0.344 e. The number of hydrogen-bond donors (Lipinski definition) is 3. The number of benzene rings is 1. The summed E-state index contributed by atoms with van der Waals surface area (Å²) >= 11 is 0. The Kier molecular flexibility index (Phi) is 4.36. The van der Waals surface area contributed by atoms with Crippen molar-refractivity contribution in [2.75, 3.05) is 6.54 Å². The number of fused-ring (bicyclic) bond motifs is 2. The maximum absolute atomic E-state index is 13.6. The molecule has 0 unspecified atom stereocenters. The minimum Gasteiger partial charge on any atom is -0.344 e. The normalized spacial score (nSPS) is 14.2. The van der Waals surface area contributed by atoms with E-state index in [2.05, 4.69) is 25.4 Å². The van der Waals surface area contributed by atoms with E-state index in [4.69, 9.17) is 5.73 Å². The number of halogens is 2. The van der Waals surface area contributed by atoms with Crippen LogP contribution in [0.2, 0.25) is 0 Å². The monoisotopic (exact) mass is 413 g/mol. The molecule has 0 atom stereocenters. The van der Waals surface area contributed by atoms with Crippen LogP contribution in [0.25, 0.3) is 33.5 Å².